The van der Waals surface area contributed by atoms with Crippen LogP contribution in [0.5, 0.6) is 0 Å². The van der Waals surface area contributed by atoms with Crippen molar-refractivity contribution >= 4 is 43.5 Å². The zero-order valence-electron chi connectivity index (χ0n) is 14.7. The molecule has 11 heteroatoms. The van der Waals surface area contributed by atoms with Gasteiger partial charge in [-0.3, -0.25) is 4.79 Å². The van der Waals surface area contributed by atoms with Crippen LogP contribution in [0.1, 0.15) is 10.4 Å². The van der Waals surface area contributed by atoms with Crippen molar-refractivity contribution in [2.75, 3.05) is 26.0 Å². The van der Waals surface area contributed by atoms with Crippen molar-refractivity contribution in [2.24, 2.45) is 0 Å². The third kappa shape index (κ3) is 5.12. The Balaban J connectivity index is 2.06. The van der Waals surface area contributed by atoms with Crippen LogP contribution in [0, 0.1) is 11.6 Å². The molecule has 0 fully saturated rings. The molecule has 0 bridgehead atoms. The van der Waals surface area contributed by atoms with Gasteiger partial charge in [-0.05, 0) is 40.2 Å². The molecule has 28 heavy (non-hydrogen) atoms. The monoisotopic (exact) mass is 476 g/mol. The summed E-state index contributed by atoms with van der Waals surface area (Å²) < 4.78 is 56.8. The fourth-order valence-electron chi connectivity index (χ4n) is 2.05. The highest BCUT2D eigenvalue weighted by Gasteiger charge is 2.20. The lowest BCUT2D eigenvalue weighted by molar-refractivity contribution is -0.119. The lowest BCUT2D eigenvalue weighted by Gasteiger charge is -2.12. The van der Waals surface area contributed by atoms with Crippen LogP contribution in [-0.2, 0) is 19.6 Å². The second-order valence-electron chi connectivity index (χ2n) is 5.68. The second-order valence-corrected chi connectivity index (χ2v) is 8.69. The molecule has 2 aromatic rings. The first-order chi connectivity index (χ1) is 13.0. The quantitative estimate of drug-likeness (QED) is 0.647. The SMILES string of the molecule is CN(C)S(=O)(=O)c1cccc(C(=O)OCC(=O)Nc2c(F)cc(F)cc2Br)c1. The minimum absolute atomic E-state index is 0.0220. The summed E-state index contributed by atoms with van der Waals surface area (Å²) in [5.41, 5.74) is -0.383. The largest absolute Gasteiger partial charge is 0.452 e. The van der Waals surface area contributed by atoms with Crippen LogP contribution in [0.3, 0.4) is 0 Å². The topological polar surface area (TPSA) is 92.8 Å². The molecule has 0 aromatic heterocycles. The average molecular weight is 477 g/mol. The van der Waals surface area contributed by atoms with Gasteiger partial charge in [0.1, 0.15) is 5.82 Å². The number of nitrogens with one attached hydrogen (secondary N) is 1. The molecule has 2 aromatic carbocycles. The number of hydrogen-bond donors (Lipinski definition) is 1. The molecular weight excluding hydrogens is 462 g/mol. The predicted octanol–water partition coefficient (Wildman–Crippen LogP) is 2.77. The van der Waals surface area contributed by atoms with Crippen molar-refractivity contribution in [3.05, 3.63) is 58.1 Å². The number of hydrogen-bond acceptors (Lipinski definition) is 5. The maximum Gasteiger partial charge on any atom is 0.338 e. The summed E-state index contributed by atoms with van der Waals surface area (Å²) >= 11 is 2.92. The van der Waals surface area contributed by atoms with Crippen LogP contribution in [0.2, 0.25) is 0 Å². The summed E-state index contributed by atoms with van der Waals surface area (Å²) in [4.78, 5) is 23.8. The summed E-state index contributed by atoms with van der Waals surface area (Å²) in [5.74, 6) is -3.64. The van der Waals surface area contributed by atoms with E-state index >= 15 is 0 Å². The Labute approximate surface area is 168 Å². The Kier molecular flexibility index (Phi) is 6.86. The summed E-state index contributed by atoms with van der Waals surface area (Å²) in [6.45, 7) is -0.757. The minimum Gasteiger partial charge on any atom is -0.452 e. The molecule has 0 aliphatic heterocycles. The number of carbonyl (C=O) groups is 2. The highest BCUT2D eigenvalue weighted by atomic mass is 79.9. The van der Waals surface area contributed by atoms with Gasteiger partial charge in [-0.25, -0.2) is 26.3 Å². The van der Waals surface area contributed by atoms with E-state index in [-0.39, 0.29) is 20.6 Å². The number of rotatable bonds is 6. The molecular formula is C17H15BrF2N2O5S. The smallest absolute Gasteiger partial charge is 0.338 e. The third-order valence-electron chi connectivity index (χ3n) is 3.45. The fraction of sp³-hybridized carbons (Fsp3) is 0.176. The molecule has 150 valence electrons. The van der Waals surface area contributed by atoms with Gasteiger partial charge >= 0.3 is 5.97 Å². The Hall–Kier alpha value is -2.37. The Bertz CT molecular complexity index is 1000. The Morgan fingerprint density at radius 3 is 2.46 bits per heavy atom. The van der Waals surface area contributed by atoms with Gasteiger partial charge in [0.15, 0.2) is 12.4 Å². The number of amides is 1. The predicted molar refractivity (Wildman–Crippen MR) is 100 cm³/mol. The van der Waals surface area contributed by atoms with Crippen LogP contribution in [-0.4, -0.2) is 45.3 Å². The lowest BCUT2D eigenvalue weighted by Crippen LogP contribution is -2.23. The first-order valence-corrected chi connectivity index (χ1v) is 9.90. The van der Waals surface area contributed by atoms with Crippen molar-refractivity contribution in [3.63, 3.8) is 0 Å². The van der Waals surface area contributed by atoms with Gasteiger partial charge in [0.25, 0.3) is 5.91 Å². The van der Waals surface area contributed by atoms with Crippen LogP contribution < -0.4 is 5.32 Å². The van der Waals surface area contributed by atoms with Gasteiger partial charge in [-0.2, -0.15) is 0 Å². The van der Waals surface area contributed by atoms with Crippen LogP contribution in [0.25, 0.3) is 0 Å². The van der Waals surface area contributed by atoms with Crippen LogP contribution >= 0.6 is 15.9 Å². The normalized spacial score (nSPS) is 11.4. The minimum atomic E-state index is -3.75. The first-order valence-electron chi connectivity index (χ1n) is 7.66. The second kappa shape index (κ2) is 8.76. The summed E-state index contributed by atoms with van der Waals surface area (Å²) in [6.07, 6.45) is 0. The highest BCUT2D eigenvalue weighted by molar-refractivity contribution is 9.10. The summed E-state index contributed by atoms with van der Waals surface area (Å²) in [5, 5.41) is 2.16. The number of sulfonamides is 1. The molecule has 0 saturated heterocycles. The average Bonchev–Trinajstić information content (AvgIpc) is 2.62. The Morgan fingerprint density at radius 2 is 1.86 bits per heavy atom. The van der Waals surface area contributed by atoms with Crippen molar-refractivity contribution in [1.82, 2.24) is 4.31 Å². The van der Waals surface area contributed by atoms with Gasteiger partial charge in [0.2, 0.25) is 10.0 Å². The number of ether oxygens (including phenoxy) is 1. The van der Waals surface area contributed by atoms with E-state index in [0.717, 1.165) is 16.4 Å². The number of halogens is 3. The molecule has 0 radical (unpaired) electrons. The lowest BCUT2D eigenvalue weighted by atomic mass is 10.2. The van der Waals surface area contributed by atoms with E-state index in [9.17, 15) is 26.8 Å². The van der Waals surface area contributed by atoms with E-state index in [1.807, 2.05) is 0 Å². The number of nitrogens with zero attached hydrogens (tertiary/aromatic N) is 1. The van der Waals surface area contributed by atoms with E-state index in [2.05, 4.69) is 21.2 Å². The van der Waals surface area contributed by atoms with Gasteiger partial charge in [0, 0.05) is 24.6 Å². The first kappa shape index (κ1) is 21.9. The van der Waals surface area contributed by atoms with Crippen molar-refractivity contribution in [2.45, 2.75) is 4.90 Å². The fourth-order valence-corrected chi connectivity index (χ4v) is 3.50. The van der Waals surface area contributed by atoms with Gasteiger partial charge < -0.3 is 10.1 Å². The molecule has 1 N–H and O–H groups in total. The maximum atomic E-state index is 13.7. The maximum absolute atomic E-state index is 13.7. The van der Waals surface area contributed by atoms with E-state index < -0.39 is 40.1 Å². The van der Waals surface area contributed by atoms with E-state index in [1.54, 1.807) is 0 Å². The molecule has 0 aliphatic carbocycles. The Morgan fingerprint density at radius 1 is 1.18 bits per heavy atom. The van der Waals surface area contributed by atoms with Crippen molar-refractivity contribution in [1.29, 1.82) is 0 Å². The molecule has 7 nitrogen and oxygen atoms in total. The van der Waals surface area contributed by atoms with Gasteiger partial charge in [-0.15, -0.1) is 0 Å². The standard InChI is InChI=1S/C17H15BrF2N2O5S/c1-22(2)28(25,26)12-5-3-4-10(6-12)17(24)27-9-15(23)21-16-13(18)7-11(19)8-14(16)20/h3-8H,9H2,1-2H3,(H,21,23). The number of carbonyl (C=O) groups excluding carboxylic acids is 2. The molecule has 0 unspecified atom stereocenters. The van der Waals surface area contributed by atoms with Crippen molar-refractivity contribution in [3.8, 4) is 0 Å². The molecule has 0 atom stereocenters. The third-order valence-corrected chi connectivity index (χ3v) is 5.89. The number of anilines is 1. The van der Waals surface area contributed by atoms with E-state index in [1.165, 1.54) is 32.3 Å². The highest BCUT2D eigenvalue weighted by Crippen LogP contribution is 2.26. The zero-order valence-corrected chi connectivity index (χ0v) is 17.1. The van der Waals surface area contributed by atoms with Crippen LogP contribution in [0.4, 0.5) is 14.5 Å². The molecule has 0 spiro atoms. The number of esters is 1. The van der Waals surface area contributed by atoms with Crippen molar-refractivity contribution < 1.29 is 31.5 Å². The molecule has 1 amide bonds. The molecule has 0 aliphatic rings. The van der Waals surface area contributed by atoms with Gasteiger partial charge in [0.05, 0.1) is 16.1 Å². The molecule has 0 saturated carbocycles. The van der Waals surface area contributed by atoms with Crippen LogP contribution in [0.15, 0.2) is 45.8 Å². The summed E-state index contributed by atoms with van der Waals surface area (Å²) in [7, 11) is -1.06. The zero-order chi connectivity index (χ0) is 21.1. The van der Waals surface area contributed by atoms with Gasteiger partial charge in [-0.1, -0.05) is 6.07 Å². The summed E-state index contributed by atoms with van der Waals surface area (Å²) in [6, 6.07) is 6.66. The van der Waals surface area contributed by atoms with E-state index in [4.69, 9.17) is 4.74 Å². The number of benzene rings is 2. The molecule has 2 rings (SSSR count). The van der Waals surface area contributed by atoms with E-state index in [0.29, 0.717) is 6.07 Å². The molecule has 0 heterocycles.